The highest BCUT2D eigenvalue weighted by Crippen LogP contribution is 2.16. The first-order valence-corrected chi connectivity index (χ1v) is 25.8. The lowest BCUT2D eigenvalue weighted by atomic mass is 10.0. The van der Waals surface area contributed by atoms with Crippen LogP contribution in [0.5, 0.6) is 0 Å². The minimum Gasteiger partial charge on any atom is -0.462 e. The van der Waals surface area contributed by atoms with E-state index in [9.17, 15) is 14.4 Å². The van der Waals surface area contributed by atoms with Gasteiger partial charge in [0, 0.05) is 19.3 Å². The second-order valence-corrected chi connectivity index (χ2v) is 17.1. The Hall–Kier alpha value is -2.89. The molecule has 0 aromatic carbocycles. The summed E-state index contributed by atoms with van der Waals surface area (Å²) in [4.78, 5) is 37.8. The summed E-state index contributed by atoms with van der Waals surface area (Å²) in [5, 5.41) is 0. The molecule has 1 atom stereocenters. The summed E-state index contributed by atoms with van der Waals surface area (Å²) >= 11 is 0. The highest BCUT2D eigenvalue weighted by molar-refractivity contribution is 5.71. The number of ether oxygens (including phenoxy) is 3. The monoisotopic (exact) mass is 853 g/mol. The SMILES string of the molecule is CC/C=C\C/C=C\C/C=C\C/C=C\C/C=C\CCCC(=O)OC(COC(=O)CCCCCCCCCC)COC(=O)CCCCCCCCCCCCCCCCCCCC. The number of allylic oxidation sites excluding steroid dienone is 10. The summed E-state index contributed by atoms with van der Waals surface area (Å²) < 4.78 is 16.7. The lowest BCUT2D eigenvalue weighted by Crippen LogP contribution is -2.30. The number of carbonyl (C=O) groups is 3. The third kappa shape index (κ3) is 48.0. The summed E-state index contributed by atoms with van der Waals surface area (Å²) in [5.41, 5.74) is 0. The molecule has 0 aromatic rings. The fourth-order valence-electron chi connectivity index (χ4n) is 7.18. The molecule has 0 rings (SSSR count). The quantitative estimate of drug-likeness (QED) is 0.0263. The molecule has 0 aliphatic carbocycles. The van der Waals surface area contributed by atoms with Gasteiger partial charge in [0.2, 0.25) is 0 Å². The Balaban J connectivity index is 4.35. The molecular formula is C55H96O6. The van der Waals surface area contributed by atoms with Gasteiger partial charge in [-0.25, -0.2) is 0 Å². The van der Waals surface area contributed by atoms with Crippen molar-refractivity contribution in [1.29, 1.82) is 0 Å². The second kappa shape index (κ2) is 49.8. The van der Waals surface area contributed by atoms with E-state index in [0.29, 0.717) is 19.3 Å². The number of hydrogen-bond acceptors (Lipinski definition) is 6. The van der Waals surface area contributed by atoms with Gasteiger partial charge in [0.05, 0.1) is 0 Å². The van der Waals surface area contributed by atoms with Crippen molar-refractivity contribution in [2.45, 2.75) is 258 Å². The van der Waals surface area contributed by atoms with E-state index in [1.807, 2.05) is 0 Å². The zero-order valence-corrected chi connectivity index (χ0v) is 40.2. The second-order valence-electron chi connectivity index (χ2n) is 17.1. The summed E-state index contributed by atoms with van der Waals surface area (Å²) in [6.45, 7) is 6.46. The van der Waals surface area contributed by atoms with Gasteiger partial charge in [0.15, 0.2) is 6.10 Å². The van der Waals surface area contributed by atoms with Gasteiger partial charge < -0.3 is 14.2 Å². The van der Waals surface area contributed by atoms with Crippen molar-refractivity contribution in [2.24, 2.45) is 0 Å². The van der Waals surface area contributed by atoms with Crippen LogP contribution in [0.3, 0.4) is 0 Å². The minimum absolute atomic E-state index is 0.0938. The zero-order valence-electron chi connectivity index (χ0n) is 40.2. The van der Waals surface area contributed by atoms with Gasteiger partial charge in [-0.05, 0) is 57.8 Å². The van der Waals surface area contributed by atoms with Crippen LogP contribution in [-0.4, -0.2) is 37.2 Å². The predicted octanol–water partition coefficient (Wildman–Crippen LogP) is 16.9. The van der Waals surface area contributed by atoms with Crippen molar-refractivity contribution in [3.05, 3.63) is 60.8 Å². The Morgan fingerprint density at radius 1 is 0.344 bits per heavy atom. The molecule has 61 heavy (non-hydrogen) atoms. The maximum Gasteiger partial charge on any atom is 0.306 e. The van der Waals surface area contributed by atoms with Crippen molar-refractivity contribution in [3.63, 3.8) is 0 Å². The van der Waals surface area contributed by atoms with Crippen molar-refractivity contribution < 1.29 is 28.6 Å². The molecule has 0 aromatic heterocycles. The summed E-state index contributed by atoms with van der Waals surface area (Å²) in [6.07, 6.45) is 60.8. The van der Waals surface area contributed by atoms with E-state index >= 15 is 0 Å². The Bertz CT molecular complexity index is 1120. The Morgan fingerprint density at radius 3 is 0.984 bits per heavy atom. The Kier molecular flexibility index (Phi) is 47.4. The fraction of sp³-hybridized carbons (Fsp3) is 0.764. The average Bonchev–Trinajstić information content (AvgIpc) is 3.26. The van der Waals surface area contributed by atoms with Crippen LogP contribution in [0, 0.1) is 0 Å². The molecule has 0 bridgehead atoms. The maximum atomic E-state index is 12.7. The average molecular weight is 853 g/mol. The zero-order chi connectivity index (χ0) is 44.4. The van der Waals surface area contributed by atoms with Crippen LogP contribution in [0.2, 0.25) is 0 Å². The molecule has 0 radical (unpaired) electrons. The molecular weight excluding hydrogens is 757 g/mol. The van der Waals surface area contributed by atoms with Crippen LogP contribution in [0.15, 0.2) is 60.8 Å². The largest absolute Gasteiger partial charge is 0.462 e. The Labute approximate surface area is 377 Å². The third-order valence-electron chi connectivity index (χ3n) is 11.0. The van der Waals surface area contributed by atoms with E-state index in [1.54, 1.807) is 0 Å². The van der Waals surface area contributed by atoms with E-state index in [0.717, 1.165) is 77.0 Å². The molecule has 0 fully saturated rings. The van der Waals surface area contributed by atoms with E-state index < -0.39 is 6.10 Å². The number of esters is 3. The highest BCUT2D eigenvalue weighted by atomic mass is 16.6. The number of rotatable bonds is 46. The highest BCUT2D eigenvalue weighted by Gasteiger charge is 2.19. The summed E-state index contributed by atoms with van der Waals surface area (Å²) in [6, 6.07) is 0. The van der Waals surface area contributed by atoms with Crippen LogP contribution < -0.4 is 0 Å². The minimum atomic E-state index is -0.798. The Morgan fingerprint density at radius 2 is 0.639 bits per heavy atom. The lowest BCUT2D eigenvalue weighted by molar-refractivity contribution is -0.167. The van der Waals surface area contributed by atoms with Crippen LogP contribution >= 0.6 is 0 Å². The van der Waals surface area contributed by atoms with E-state index in [4.69, 9.17) is 14.2 Å². The maximum absolute atomic E-state index is 12.7. The fourth-order valence-corrected chi connectivity index (χ4v) is 7.18. The molecule has 6 nitrogen and oxygen atoms in total. The normalized spacial score (nSPS) is 12.5. The van der Waals surface area contributed by atoms with Crippen LogP contribution in [-0.2, 0) is 28.6 Å². The van der Waals surface area contributed by atoms with E-state index in [-0.39, 0.29) is 37.5 Å². The number of carbonyl (C=O) groups excluding carboxylic acids is 3. The third-order valence-corrected chi connectivity index (χ3v) is 11.0. The van der Waals surface area contributed by atoms with Crippen molar-refractivity contribution in [1.82, 2.24) is 0 Å². The van der Waals surface area contributed by atoms with Crippen molar-refractivity contribution in [3.8, 4) is 0 Å². The molecule has 0 N–H and O–H groups in total. The van der Waals surface area contributed by atoms with Crippen LogP contribution in [0.25, 0.3) is 0 Å². The first kappa shape index (κ1) is 58.1. The number of hydrogen-bond donors (Lipinski definition) is 0. The van der Waals surface area contributed by atoms with Gasteiger partial charge >= 0.3 is 17.9 Å². The summed E-state index contributed by atoms with van der Waals surface area (Å²) in [7, 11) is 0. The standard InChI is InChI=1S/C55H96O6/c1-4-7-10-13-16-19-21-23-25-27-29-30-32-34-36-39-42-45-48-54(57)60-51-52(50-59-53(56)47-44-41-38-18-15-12-9-6-3)61-55(58)49-46-43-40-37-35-33-31-28-26-24-22-20-17-14-11-8-5-2/h8,11,17,20,24,26,31,33,37,40,52H,4-7,9-10,12-16,18-19,21-23,25,27-30,32,34-36,38-39,41-51H2,1-3H3/b11-8-,20-17-,26-24-,33-31-,40-37-. The van der Waals surface area contributed by atoms with E-state index in [2.05, 4.69) is 81.5 Å². The molecule has 0 aliphatic rings. The molecule has 6 heteroatoms. The van der Waals surface area contributed by atoms with Gasteiger partial charge in [-0.15, -0.1) is 0 Å². The topological polar surface area (TPSA) is 78.9 Å². The predicted molar refractivity (Wildman–Crippen MR) is 261 cm³/mol. The molecule has 0 spiro atoms. The van der Waals surface area contributed by atoms with Gasteiger partial charge in [-0.3, -0.25) is 14.4 Å². The van der Waals surface area contributed by atoms with Crippen molar-refractivity contribution in [2.75, 3.05) is 13.2 Å². The van der Waals surface area contributed by atoms with Gasteiger partial charge in [0.25, 0.3) is 0 Å². The molecule has 0 saturated carbocycles. The summed E-state index contributed by atoms with van der Waals surface area (Å²) in [5.74, 6) is -0.951. The van der Waals surface area contributed by atoms with E-state index in [1.165, 1.54) is 128 Å². The van der Waals surface area contributed by atoms with Crippen molar-refractivity contribution >= 4 is 17.9 Å². The lowest BCUT2D eigenvalue weighted by Gasteiger charge is -2.18. The molecule has 0 aliphatic heterocycles. The van der Waals surface area contributed by atoms with Gasteiger partial charge in [0.1, 0.15) is 13.2 Å². The molecule has 1 unspecified atom stereocenters. The molecule has 0 saturated heterocycles. The molecule has 352 valence electrons. The first-order valence-electron chi connectivity index (χ1n) is 25.8. The number of unbranched alkanes of at least 4 members (excludes halogenated alkanes) is 25. The van der Waals surface area contributed by atoms with Crippen LogP contribution in [0.1, 0.15) is 252 Å². The smallest absolute Gasteiger partial charge is 0.306 e. The molecule has 0 amide bonds. The van der Waals surface area contributed by atoms with Crippen LogP contribution in [0.4, 0.5) is 0 Å². The van der Waals surface area contributed by atoms with Gasteiger partial charge in [-0.1, -0.05) is 236 Å². The van der Waals surface area contributed by atoms with Gasteiger partial charge in [-0.2, -0.15) is 0 Å². The first-order chi connectivity index (χ1) is 30.0. The molecule has 0 heterocycles.